The fourth-order valence-electron chi connectivity index (χ4n) is 1.94. The minimum Gasteiger partial charge on any atom is -0.326 e. The lowest BCUT2D eigenvalue weighted by Crippen LogP contribution is -2.45. The van der Waals surface area contributed by atoms with Crippen LogP contribution in [0, 0.1) is 0 Å². The normalized spacial score (nSPS) is 20.4. The van der Waals surface area contributed by atoms with Crippen LogP contribution in [0.15, 0.2) is 29.2 Å². The third-order valence-electron chi connectivity index (χ3n) is 3.08. The van der Waals surface area contributed by atoms with E-state index in [-0.39, 0.29) is 0 Å². The maximum atomic E-state index is 12.4. The monoisotopic (exact) mass is 253 g/mol. The Morgan fingerprint density at radius 2 is 1.88 bits per heavy atom. The number of benzene rings is 1. The molecule has 1 aliphatic rings. The maximum absolute atomic E-state index is 12.4. The van der Waals surface area contributed by atoms with Crippen LogP contribution < -0.4 is 5.73 Å². The summed E-state index contributed by atoms with van der Waals surface area (Å²) in [6.45, 7) is 4.08. The van der Waals surface area contributed by atoms with Crippen molar-refractivity contribution in [2.45, 2.75) is 11.4 Å². The average molecular weight is 253 g/mol. The molecular weight excluding hydrogens is 234 g/mol. The van der Waals surface area contributed by atoms with Crippen LogP contribution in [-0.4, -0.2) is 46.6 Å². The van der Waals surface area contributed by atoms with E-state index in [1.54, 1.807) is 0 Å². The Balaban J connectivity index is 2.14. The molecule has 1 atom stereocenters. The van der Waals surface area contributed by atoms with Gasteiger partial charge in [0.2, 0.25) is 0 Å². The van der Waals surface area contributed by atoms with Crippen LogP contribution in [-0.2, 0) is 17.5 Å². The molecule has 1 heterocycles. The third-order valence-corrected chi connectivity index (χ3v) is 4.69. The van der Waals surface area contributed by atoms with Gasteiger partial charge >= 0.3 is 0 Å². The molecule has 0 bridgehead atoms. The lowest BCUT2D eigenvalue weighted by atomic mass is 10.2. The third kappa shape index (κ3) is 2.93. The van der Waals surface area contributed by atoms with Gasteiger partial charge in [0.05, 0.1) is 4.90 Å². The zero-order chi connectivity index (χ0) is 12.3. The van der Waals surface area contributed by atoms with Gasteiger partial charge < -0.3 is 10.6 Å². The molecule has 1 fully saturated rings. The molecule has 0 amide bonds. The Morgan fingerprint density at radius 1 is 1.24 bits per heavy atom. The van der Waals surface area contributed by atoms with Crippen LogP contribution in [0.25, 0.3) is 0 Å². The molecule has 1 aliphatic heterocycles. The summed E-state index contributed by atoms with van der Waals surface area (Å²) in [7, 11) is 1.02. The number of nitrogens with two attached hydrogens (primary N) is 1. The molecule has 5 heteroatoms. The molecule has 94 valence electrons. The minimum absolute atomic E-state index is 0.440. The van der Waals surface area contributed by atoms with Crippen molar-refractivity contribution in [1.82, 2.24) is 9.21 Å². The summed E-state index contributed by atoms with van der Waals surface area (Å²) in [5.74, 6) is 0. The first-order valence-corrected chi connectivity index (χ1v) is 6.96. The lowest BCUT2D eigenvalue weighted by Gasteiger charge is -2.31. The lowest BCUT2D eigenvalue weighted by molar-refractivity contribution is 0.228. The molecule has 2 rings (SSSR count). The molecule has 1 aromatic rings. The van der Waals surface area contributed by atoms with Gasteiger partial charge in [-0.05, 0) is 18.7 Å². The number of hydrogen-bond donors (Lipinski definition) is 1. The molecule has 17 heavy (non-hydrogen) atoms. The van der Waals surface area contributed by atoms with Crippen molar-refractivity contribution in [2.24, 2.45) is 5.73 Å². The zero-order valence-electron chi connectivity index (χ0n) is 10.1. The zero-order valence-corrected chi connectivity index (χ0v) is 10.9. The van der Waals surface area contributed by atoms with Crippen molar-refractivity contribution >= 4 is 11.0 Å². The van der Waals surface area contributed by atoms with Crippen molar-refractivity contribution in [1.29, 1.82) is 0 Å². The highest BCUT2D eigenvalue weighted by Crippen LogP contribution is 2.17. The van der Waals surface area contributed by atoms with Crippen molar-refractivity contribution in [3.63, 3.8) is 0 Å². The summed E-state index contributed by atoms with van der Waals surface area (Å²) < 4.78 is 14.5. The predicted molar refractivity (Wildman–Crippen MR) is 69.8 cm³/mol. The molecule has 2 N–H and O–H groups in total. The fourth-order valence-corrected chi connectivity index (χ4v) is 3.28. The smallest absolute Gasteiger partial charge is 0.128 e. The van der Waals surface area contributed by atoms with E-state index in [9.17, 15) is 4.21 Å². The summed E-state index contributed by atoms with van der Waals surface area (Å²) >= 11 is 0. The Morgan fingerprint density at radius 3 is 2.53 bits per heavy atom. The molecule has 4 nitrogen and oxygen atoms in total. The largest absolute Gasteiger partial charge is 0.326 e. The van der Waals surface area contributed by atoms with Crippen LogP contribution in [0.5, 0.6) is 0 Å². The first kappa shape index (κ1) is 12.7. The van der Waals surface area contributed by atoms with Gasteiger partial charge in [-0.15, -0.1) is 0 Å². The van der Waals surface area contributed by atoms with Crippen molar-refractivity contribution in [2.75, 3.05) is 33.2 Å². The van der Waals surface area contributed by atoms with E-state index in [1.807, 2.05) is 28.6 Å². The molecule has 0 aromatic heterocycles. The van der Waals surface area contributed by atoms with Crippen LogP contribution in [0.2, 0.25) is 0 Å². The van der Waals surface area contributed by atoms with E-state index in [0.717, 1.165) is 36.6 Å². The second-order valence-corrected chi connectivity index (χ2v) is 5.75. The van der Waals surface area contributed by atoms with Crippen LogP contribution in [0.3, 0.4) is 0 Å². The second-order valence-electron chi connectivity index (χ2n) is 4.29. The van der Waals surface area contributed by atoms with Gasteiger partial charge in [0.25, 0.3) is 0 Å². The molecule has 0 saturated carbocycles. The van der Waals surface area contributed by atoms with E-state index in [4.69, 9.17) is 5.73 Å². The maximum Gasteiger partial charge on any atom is 0.128 e. The highest BCUT2D eigenvalue weighted by atomic mass is 32.2. The average Bonchev–Trinajstić information content (AvgIpc) is 2.39. The Labute approximate surface area is 105 Å². The predicted octanol–water partition coefficient (Wildman–Crippen LogP) is 0.415. The van der Waals surface area contributed by atoms with Crippen LogP contribution in [0.1, 0.15) is 5.56 Å². The SMILES string of the molecule is CN1CCN(S(=O)c2ccccc2CN)CC1. The van der Waals surface area contributed by atoms with Crippen LogP contribution in [0.4, 0.5) is 0 Å². The van der Waals surface area contributed by atoms with Gasteiger partial charge in [-0.25, -0.2) is 8.51 Å². The topological polar surface area (TPSA) is 49.6 Å². The molecule has 1 saturated heterocycles. The van der Waals surface area contributed by atoms with E-state index >= 15 is 0 Å². The van der Waals surface area contributed by atoms with E-state index in [0.29, 0.717) is 6.54 Å². The molecule has 1 aromatic carbocycles. The van der Waals surface area contributed by atoms with E-state index in [2.05, 4.69) is 11.9 Å². The molecular formula is C12H19N3OS. The van der Waals surface area contributed by atoms with Gasteiger partial charge in [-0.1, -0.05) is 18.2 Å². The standard InChI is InChI=1S/C12H19N3OS/c1-14-6-8-15(9-7-14)17(16)12-5-3-2-4-11(12)10-13/h2-5H,6-10,13H2,1H3. The first-order chi connectivity index (χ1) is 8.22. The number of hydrogen-bond acceptors (Lipinski definition) is 3. The van der Waals surface area contributed by atoms with E-state index in [1.165, 1.54) is 0 Å². The van der Waals surface area contributed by atoms with Gasteiger partial charge in [0.1, 0.15) is 11.0 Å². The Hall–Kier alpha value is -0.750. The number of rotatable bonds is 3. The Bertz CT molecular complexity index is 402. The van der Waals surface area contributed by atoms with Crippen molar-refractivity contribution < 1.29 is 4.21 Å². The summed E-state index contributed by atoms with van der Waals surface area (Å²) in [5, 5.41) is 0. The minimum atomic E-state index is -1.07. The highest BCUT2D eigenvalue weighted by Gasteiger charge is 2.21. The highest BCUT2D eigenvalue weighted by molar-refractivity contribution is 7.82. The summed E-state index contributed by atoms with van der Waals surface area (Å²) in [4.78, 5) is 3.11. The second kappa shape index (κ2) is 5.73. The van der Waals surface area contributed by atoms with Crippen LogP contribution >= 0.6 is 0 Å². The quantitative estimate of drug-likeness (QED) is 0.849. The van der Waals surface area contributed by atoms with E-state index < -0.39 is 11.0 Å². The van der Waals surface area contributed by atoms with Gasteiger partial charge in [-0.2, -0.15) is 0 Å². The molecule has 0 radical (unpaired) electrons. The summed E-state index contributed by atoms with van der Waals surface area (Å²) in [6.07, 6.45) is 0. The van der Waals surface area contributed by atoms with Crippen molar-refractivity contribution in [3.8, 4) is 0 Å². The molecule has 1 unspecified atom stereocenters. The van der Waals surface area contributed by atoms with Gasteiger partial charge in [0, 0.05) is 32.7 Å². The number of piperazine rings is 1. The molecule has 0 aliphatic carbocycles. The van der Waals surface area contributed by atoms with Gasteiger partial charge in [-0.3, -0.25) is 0 Å². The Kier molecular flexibility index (Phi) is 4.28. The van der Waals surface area contributed by atoms with Gasteiger partial charge in [0.15, 0.2) is 0 Å². The molecule has 0 spiro atoms. The summed E-state index contributed by atoms with van der Waals surface area (Å²) in [5.41, 5.74) is 6.66. The fraction of sp³-hybridized carbons (Fsp3) is 0.500. The number of likely N-dealkylation sites (N-methyl/N-ethyl adjacent to an activating group) is 1. The number of nitrogens with zero attached hydrogens (tertiary/aromatic N) is 2. The van der Waals surface area contributed by atoms with Crippen molar-refractivity contribution in [3.05, 3.63) is 29.8 Å². The first-order valence-electron chi connectivity index (χ1n) is 5.85. The summed E-state index contributed by atoms with van der Waals surface area (Å²) in [6, 6.07) is 7.72.